The zero-order valence-electron chi connectivity index (χ0n) is 6.43. The predicted molar refractivity (Wildman–Crippen MR) is 39.2 cm³/mol. The second-order valence-corrected chi connectivity index (χ2v) is 4.10. The fraction of sp³-hybridized carbons (Fsp3) is 1.00. The summed E-state index contributed by atoms with van der Waals surface area (Å²) in [5.41, 5.74) is 0. The van der Waals surface area contributed by atoms with Gasteiger partial charge in [-0.15, -0.1) is 0 Å². The molecule has 0 aromatic carbocycles. The van der Waals surface area contributed by atoms with Crippen molar-refractivity contribution in [2.75, 3.05) is 0 Å². The Kier molecular flexibility index (Phi) is 1.12. The molecular formula is C9H16. The van der Waals surface area contributed by atoms with E-state index in [2.05, 4.69) is 13.8 Å². The second kappa shape index (κ2) is 1.74. The summed E-state index contributed by atoms with van der Waals surface area (Å²) in [4.78, 5) is 0. The van der Waals surface area contributed by atoms with Crippen LogP contribution < -0.4 is 0 Å². The minimum atomic E-state index is 1.07. The van der Waals surface area contributed by atoms with Crippen LogP contribution in [0.1, 0.15) is 33.1 Å². The van der Waals surface area contributed by atoms with Crippen molar-refractivity contribution in [1.29, 1.82) is 0 Å². The summed E-state index contributed by atoms with van der Waals surface area (Å²) in [6.45, 7) is 4.81. The number of hydrogen-bond acceptors (Lipinski definition) is 0. The lowest BCUT2D eigenvalue weighted by atomic mass is 9.72. The van der Waals surface area contributed by atoms with Gasteiger partial charge in [0.1, 0.15) is 0 Å². The standard InChI is InChI=1S/C9H16/c1-6-3-4-8(6)9-5-7(9)2/h6-9H,3-5H2,1-2H3. The van der Waals surface area contributed by atoms with Gasteiger partial charge in [0.15, 0.2) is 0 Å². The Balaban J connectivity index is 1.86. The van der Waals surface area contributed by atoms with Gasteiger partial charge in [-0.1, -0.05) is 20.3 Å². The first kappa shape index (κ1) is 5.76. The molecule has 2 saturated carbocycles. The van der Waals surface area contributed by atoms with E-state index < -0.39 is 0 Å². The summed E-state index contributed by atoms with van der Waals surface area (Å²) in [7, 11) is 0. The summed E-state index contributed by atoms with van der Waals surface area (Å²) in [5, 5.41) is 0. The van der Waals surface area contributed by atoms with E-state index in [-0.39, 0.29) is 0 Å². The predicted octanol–water partition coefficient (Wildman–Crippen LogP) is 2.69. The Labute approximate surface area is 57.6 Å². The molecule has 0 nitrogen and oxygen atoms in total. The molecule has 0 aliphatic heterocycles. The SMILES string of the molecule is CC1CCC1C1CC1C. The lowest BCUT2D eigenvalue weighted by Crippen LogP contribution is -2.25. The smallest absolute Gasteiger partial charge is 0.0355 e. The Bertz CT molecular complexity index is 117. The van der Waals surface area contributed by atoms with Crippen LogP contribution in [0.3, 0.4) is 0 Å². The first-order valence-electron chi connectivity index (χ1n) is 4.29. The Morgan fingerprint density at radius 2 is 1.56 bits per heavy atom. The molecule has 0 spiro atoms. The molecule has 9 heavy (non-hydrogen) atoms. The van der Waals surface area contributed by atoms with Crippen molar-refractivity contribution >= 4 is 0 Å². The van der Waals surface area contributed by atoms with Gasteiger partial charge in [-0.2, -0.15) is 0 Å². The lowest BCUT2D eigenvalue weighted by molar-refractivity contribution is 0.162. The van der Waals surface area contributed by atoms with Crippen LogP contribution in [0.2, 0.25) is 0 Å². The van der Waals surface area contributed by atoms with Crippen molar-refractivity contribution < 1.29 is 0 Å². The average molecular weight is 124 g/mol. The maximum atomic E-state index is 2.42. The van der Waals surface area contributed by atoms with E-state index in [0.717, 1.165) is 23.7 Å². The highest BCUT2D eigenvalue weighted by Gasteiger charge is 2.44. The Hall–Kier alpha value is 0. The molecule has 2 aliphatic carbocycles. The van der Waals surface area contributed by atoms with Gasteiger partial charge in [-0.3, -0.25) is 0 Å². The molecule has 2 aliphatic rings. The minimum Gasteiger partial charge on any atom is -0.0622 e. The summed E-state index contributed by atoms with van der Waals surface area (Å²) in [6, 6.07) is 0. The van der Waals surface area contributed by atoms with Crippen LogP contribution in [0.5, 0.6) is 0 Å². The van der Waals surface area contributed by atoms with E-state index in [1.54, 1.807) is 0 Å². The molecule has 52 valence electrons. The van der Waals surface area contributed by atoms with E-state index in [9.17, 15) is 0 Å². The maximum Gasteiger partial charge on any atom is -0.0355 e. The molecule has 0 amide bonds. The Morgan fingerprint density at radius 3 is 1.67 bits per heavy atom. The monoisotopic (exact) mass is 124 g/mol. The second-order valence-electron chi connectivity index (χ2n) is 4.10. The van der Waals surface area contributed by atoms with Crippen molar-refractivity contribution in [2.24, 2.45) is 23.7 Å². The third kappa shape index (κ3) is 0.798. The molecule has 0 heterocycles. The number of hydrogen-bond donors (Lipinski definition) is 0. The van der Waals surface area contributed by atoms with Gasteiger partial charge in [0, 0.05) is 0 Å². The minimum absolute atomic E-state index is 1.07. The molecule has 0 heteroatoms. The van der Waals surface area contributed by atoms with Crippen LogP contribution in [-0.4, -0.2) is 0 Å². The van der Waals surface area contributed by atoms with E-state index >= 15 is 0 Å². The lowest BCUT2D eigenvalue weighted by Gasteiger charge is -2.34. The quantitative estimate of drug-likeness (QED) is 0.504. The van der Waals surface area contributed by atoms with Crippen LogP contribution >= 0.6 is 0 Å². The fourth-order valence-corrected chi connectivity index (χ4v) is 2.28. The highest BCUT2D eigenvalue weighted by atomic mass is 14.5. The van der Waals surface area contributed by atoms with Gasteiger partial charge < -0.3 is 0 Å². The van der Waals surface area contributed by atoms with Gasteiger partial charge in [-0.25, -0.2) is 0 Å². The van der Waals surface area contributed by atoms with Crippen molar-refractivity contribution in [2.45, 2.75) is 33.1 Å². The molecule has 0 aromatic heterocycles. The van der Waals surface area contributed by atoms with E-state index in [1.165, 1.54) is 19.3 Å². The molecule has 2 rings (SSSR count). The van der Waals surface area contributed by atoms with E-state index in [4.69, 9.17) is 0 Å². The summed E-state index contributed by atoms with van der Waals surface area (Å²) >= 11 is 0. The van der Waals surface area contributed by atoms with Crippen molar-refractivity contribution in [3.8, 4) is 0 Å². The topological polar surface area (TPSA) is 0 Å². The maximum absolute atomic E-state index is 2.42. The molecule has 0 aromatic rings. The van der Waals surface area contributed by atoms with Crippen molar-refractivity contribution in [1.82, 2.24) is 0 Å². The van der Waals surface area contributed by atoms with Gasteiger partial charge in [0.2, 0.25) is 0 Å². The van der Waals surface area contributed by atoms with Crippen LogP contribution in [0.15, 0.2) is 0 Å². The fourth-order valence-electron chi connectivity index (χ4n) is 2.28. The summed E-state index contributed by atoms with van der Waals surface area (Å²) in [6.07, 6.45) is 4.58. The third-order valence-corrected chi connectivity index (χ3v) is 3.41. The molecule has 0 N–H and O–H groups in total. The zero-order valence-corrected chi connectivity index (χ0v) is 6.43. The third-order valence-electron chi connectivity index (χ3n) is 3.41. The molecule has 0 bridgehead atoms. The van der Waals surface area contributed by atoms with Gasteiger partial charge >= 0.3 is 0 Å². The summed E-state index contributed by atoms with van der Waals surface area (Å²) in [5.74, 6) is 4.44. The zero-order chi connectivity index (χ0) is 6.43. The van der Waals surface area contributed by atoms with Crippen LogP contribution in [0, 0.1) is 23.7 Å². The summed E-state index contributed by atoms with van der Waals surface area (Å²) < 4.78 is 0. The van der Waals surface area contributed by atoms with Gasteiger partial charge in [0.05, 0.1) is 0 Å². The highest BCUT2D eigenvalue weighted by molar-refractivity contribution is 4.94. The molecular weight excluding hydrogens is 108 g/mol. The largest absolute Gasteiger partial charge is 0.0622 e. The first-order valence-corrected chi connectivity index (χ1v) is 4.29. The van der Waals surface area contributed by atoms with Crippen LogP contribution in [0.25, 0.3) is 0 Å². The van der Waals surface area contributed by atoms with E-state index in [0.29, 0.717) is 0 Å². The highest BCUT2D eigenvalue weighted by Crippen LogP contribution is 2.53. The molecule has 0 radical (unpaired) electrons. The normalized spacial score (nSPS) is 56.7. The van der Waals surface area contributed by atoms with Gasteiger partial charge in [-0.05, 0) is 36.5 Å². The number of rotatable bonds is 1. The van der Waals surface area contributed by atoms with Crippen molar-refractivity contribution in [3.05, 3.63) is 0 Å². The molecule has 0 saturated heterocycles. The van der Waals surface area contributed by atoms with E-state index in [1.807, 2.05) is 0 Å². The Morgan fingerprint density at radius 1 is 0.889 bits per heavy atom. The molecule has 4 atom stereocenters. The average Bonchev–Trinajstić information content (AvgIpc) is 2.44. The molecule has 2 fully saturated rings. The van der Waals surface area contributed by atoms with Crippen molar-refractivity contribution in [3.63, 3.8) is 0 Å². The van der Waals surface area contributed by atoms with Gasteiger partial charge in [0.25, 0.3) is 0 Å². The van der Waals surface area contributed by atoms with Crippen LogP contribution in [-0.2, 0) is 0 Å². The molecule has 4 unspecified atom stereocenters. The van der Waals surface area contributed by atoms with Crippen LogP contribution in [0.4, 0.5) is 0 Å². The first-order chi connectivity index (χ1) is 4.29.